The van der Waals surface area contributed by atoms with Gasteiger partial charge in [0.15, 0.2) is 0 Å². The monoisotopic (exact) mass is 280 g/mol. The minimum Gasteiger partial charge on any atom is -0.354 e. The van der Waals surface area contributed by atoms with Gasteiger partial charge >= 0.3 is 0 Å². The Kier molecular flexibility index (Phi) is 3.34. The maximum absolute atomic E-state index is 10.7. The highest BCUT2D eigenvalue weighted by molar-refractivity contribution is 5.69. The number of rotatable bonds is 4. The van der Waals surface area contributed by atoms with Crippen molar-refractivity contribution in [2.75, 3.05) is 5.32 Å². The molecule has 0 aliphatic heterocycles. The van der Waals surface area contributed by atoms with Gasteiger partial charge in [0, 0.05) is 30.2 Å². The second-order valence-electron chi connectivity index (χ2n) is 4.40. The van der Waals surface area contributed by atoms with Crippen molar-refractivity contribution in [3.63, 3.8) is 0 Å². The number of nitrogens with zero attached hydrogens (tertiary/aromatic N) is 3. The Bertz CT molecular complexity index is 752. The summed E-state index contributed by atoms with van der Waals surface area (Å²) in [6.07, 6.45) is 3.57. The molecular formula is C15H12N4O2. The molecule has 0 aliphatic rings. The smallest absolute Gasteiger partial charge is 0.269 e. The Balaban J connectivity index is 1.90. The van der Waals surface area contributed by atoms with Crippen molar-refractivity contribution in [1.29, 1.82) is 0 Å². The number of nitro benzene ring substituents is 1. The molecule has 1 heterocycles. The Morgan fingerprint density at radius 3 is 2.48 bits per heavy atom. The van der Waals surface area contributed by atoms with Crippen LogP contribution in [0.3, 0.4) is 0 Å². The third kappa shape index (κ3) is 2.74. The fourth-order valence-corrected chi connectivity index (χ4v) is 2.01. The van der Waals surface area contributed by atoms with Crippen molar-refractivity contribution in [1.82, 2.24) is 9.78 Å². The summed E-state index contributed by atoms with van der Waals surface area (Å²) in [5.41, 5.74) is 2.62. The lowest BCUT2D eigenvalue weighted by Gasteiger charge is -2.11. The van der Waals surface area contributed by atoms with Crippen molar-refractivity contribution in [3.8, 4) is 5.69 Å². The number of nitrogens with one attached hydrogen (secondary N) is 1. The van der Waals surface area contributed by atoms with Crippen molar-refractivity contribution >= 4 is 17.1 Å². The molecule has 3 rings (SSSR count). The van der Waals surface area contributed by atoms with Gasteiger partial charge in [0.2, 0.25) is 0 Å². The fraction of sp³-hybridized carbons (Fsp3) is 0. The molecule has 6 nitrogen and oxygen atoms in total. The largest absolute Gasteiger partial charge is 0.354 e. The molecule has 0 amide bonds. The summed E-state index contributed by atoms with van der Waals surface area (Å²) in [4.78, 5) is 10.2. The molecule has 1 aromatic heterocycles. The molecule has 0 radical (unpaired) electrons. The molecular weight excluding hydrogens is 268 g/mol. The lowest BCUT2D eigenvalue weighted by molar-refractivity contribution is -0.384. The van der Waals surface area contributed by atoms with Crippen LogP contribution in [-0.2, 0) is 0 Å². The number of non-ortho nitro benzene ring substituents is 1. The van der Waals surface area contributed by atoms with Crippen LogP contribution in [0.5, 0.6) is 0 Å². The van der Waals surface area contributed by atoms with Gasteiger partial charge in [-0.2, -0.15) is 5.10 Å². The number of hydrogen-bond acceptors (Lipinski definition) is 4. The molecule has 1 N–H and O–H groups in total. The molecule has 0 atom stereocenters. The molecule has 0 saturated heterocycles. The Morgan fingerprint density at radius 1 is 1.05 bits per heavy atom. The first-order chi connectivity index (χ1) is 10.2. The van der Waals surface area contributed by atoms with Gasteiger partial charge in [-0.05, 0) is 30.3 Å². The minimum atomic E-state index is -0.415. The zero-order valence-corrected chi connectivity index (χ0v) is 11.0. The molecule has 0 unspecified atom stereocenters. The highest BCUT2D eigenvalue weighted by atomic mass is 16.6. The van der Waals surface area contributed by atoms with Crippen molar-refractivity contribution < 1.29 is 4.92 Å². The highest BCUT2D eigenvalue weighted by Gasteiger charge is 2.07. The van der Waals surface area contributed by atoms with Gasteiger partial charge in [0.05, 0.1) is 16.3 Å². The van der Waals surface area contributed by atoms with Crippen molar-refractivity contribution in [3.05, 3.63) is 77.1 Å². The van der Waals surface area contributed by atoms with Gasteiger partial charge in [-0.1, -0.05) is 12.1 Å². The maximum atomic E-state index is 10.7. The molecule has 6 heteroatoms. The molecule has 0 spiro atoms. The molecule has 2 aromatic carbocycles. The molecule has 104 valence electrons. The third-order valence-corrected chi connectivity index (χ3v) is 3.01. The van der Waals surface area contributed by atoms with E-state index >= 15 is 0 Å². The van der Waals surface area contributed by atoms with E-state index in [0.29, 0.717) is 0 Å². The number of aromatic nitrogens is 2. The van der Waals surface area contributed by atoms with E-state index in [1.165, 1.54) is 12.1 Å². The Morgan fingerprint density at radius 2 is 1.81 bits per heavy atom. The normalized spacial score (nSPS) is 10.3. The van der Waals surface area contributed by atoms with E-state index in [1.807, 2.05) is 36.5 Å². The number of benzene rings is 2. The third-order valence-electron chi connectivity index (χ3n) is 3.01. The molecule has 0 bridgehead atoms. The van der Waals surface area contributed by atoms with E-state index < -0.39 is 4.92 Å². The summed E-state index contributed by atoms with van der Waals surface area (Å²) < 4.78 is 1.76. The number of anilines is 2. The van der Waals surface area contributed by atoms with E-state index in [2.05, 4.69) is 10.4 Å². The average molecular weight is 280 g/mol. The summed E-state index contributed by atoms with van der Waals surface area (Å²) >= 11 is 0. The van der Waals surface area contributed by atoms with Crippen LogP contribution in [0.2, 0.25) is 0 Å². The minimum absolute atomic E-state index is 0.0703. The van der Waals surface area contributed by atoms with Crippen LogP contribution in [0, 0.1) is 10.1 Å². The van der Waals surface area contributed by atoms with Crippen LogP contribution in [0.15, 0.2) is 67.0 Å². The molecule has 3 aromatic rings. The zero-order valence-electron chi connectivity index (χ0n) is 11.0. The standard InChI is InChI=1S/C15H12N4O2/c20-19(21)13-8-6-12(7-9-13)17-14-4-1-2-5-15(14)18-11-3-10-16-18/h1-11,17H. The fourth-order valence-electron chi connectivity index (χ4n) is 2.01. The number of nitro groups is 1. The van der Waals surface area contributed by atoms with Crippen LogP contribution < -0.4 is 5.32 Å². The van der Waals surface area contributed by atoms with Gasteiger partial charge in [0.1, 0.15) is 0 Å². The highest BCUT2D eigenvalue weighted by Crippen LogP contribution is 2.24. The maximum Gasteiger partial charge on any atom is 0.269 e. The van der Waals surface area contributed by atoms with Gasteiger partial charge < -0.3 is 5.32 Å². The van der Waals surface area contributed by atoms with Gasteiger partial charge in [-0.25, -0.2) is 4.68 Å². The summed E-state index contributed by atoms with van der Waals surface area (Å²) in [7, 11) is 0. The second-order valence-corrected chi connectivity index (χ2v) is 4.40. The second kappa shape index (κ2) is 5.46. The van der Waals surface area contributed by atoms with Crippen molar-refractivity contribution in [2.24, 2.45) is 0 Å². The summed E-state index contributed by atoms with van der Waals surface area (Å²) in [6.45, 7) is 0. The lowest BCUT2D eigenvalue weighted by atomic mass is 10.2. The Labute approximate surface area is 120 Å². The quantitative estimate of drug-likeness (QED) is 0.586. The summed E-state index contributed by atoms with van der Waals surface area (Å²) in [6, 6.07) is 15.9. The molecule has 0 aliphatic carbocycles. The predicted molar refractivity (Wildman–Crippen MR) is 79.9 cm³/mol. The lowest BCUT2D eigenvalue weighted by Crippen LogP contribution is -2.00. The van der Waals surface area contributed by atoms with Crippen LogP contribution >= 0.6 is 0 Å². The predicted octanol–water partition coefficient (Wildman–Crippen LogP) is 3.52. The SMILES string of the molecule is O=[N+]([O-])c1ccc(Nc2ccccc2-n2cccn2)cc1. The van der Waals surface area contributed by atoms with E-state index in [0.717, 1.165) is 17.1 Å². The van der Waals surface area contributed by atoms with Crippen LogP contribution in [0.25, 0.3) is 5.69 Å². The van der Waals surface area contributed by atoms with E-state index in [4.69, 9.17) is 0 Å². The van der Waals surface area contributed by atoms with Crippen LogP contribution in [0.1, 0.15) is 0 Å². The number of hydrogen-bond donors (Lipinski definition) is 1. The van der Waals surface area contributed by atoms with E-state index in [-0.39, 0.29) is 5.69 Å². The average Bonchev–Trinajstić information content (AvgIpc) is 3.02. The van der Waals surface area contributed by atoms with Crippen molar-refractivity contribution in [2.45, 2.75) is 0 Å². The number of para-hydroxylation sites is 2. The Hall–Kier alpha value is -3.15. The first-order valence-corrected chi connectivity index (χ1v) is 6.34. The zero-order chi connectivity index (χ0) is 14.7. The van der Waals surface area contributed by atoms with Gasteiger partial charge in [0.25, 0.3) is 5.69 Å². The van der Waals surface area contributed by atoms with Gasteiger partial charge in [-0.15, -0.1) is 0 Å². The first kappa shape index (κ1) is 12.9. The van der Waals surface area contributed by atoms with Crippen LogP contribution in [-0.4, -0.2) is 14.7 Å². The first-order valence-electron chi connectivity index (χ1n) is 6.34. The molecule has 21 heavy (non-hydrogen) atoms. The van der Waals surface area contributed by atoms with Crippen LogP contribution in [0.4, 0.5) is 17.1 Å². The summed E-state index contributed by atoms with van der Waals surface area (Å²) in [5, 5.41) is 18.1. The molecule has 0 fully saturated rings. The van der Waals surface area contributed by atoms with Gasteiger partial charge in [-0.3, -0.25) is 10.1 Å². The van der Waals surface area contributed by atoms with E-state index in [9.17, 15) is 10.1 Å². The van der Waals surface area contributed by atoms with E-state index in [1.54, 1.807) is 23.0 Å². The summed E-state index contributed by atoms with van der Waals surface area (Å²) in [5.74, 6) is 0. The topological polar surface area (TPSA) is 73.0 Å². The molecule has 0 saturated carbocycles.